The molecule has 0 amide bonds. The quantitative estimate of drug-likeness (QED) is 0.494. The van der Waals surface area contributed by atoms with E-state index in [0.717, 1.165) is 5.92 Å². The van der Waals surface area contributed by atoms with Crippen LogP contribution in [-0.2, 0) is 0 Å². The third-order valence-electron chi connectivity index (χ3n) is 1.66. The fraction of sp³-hybridized carbons (Fsp3) is 0.444. The van der Waals surface area contributed by atoms with Gasteiger partial charge < -0.3 is 0 Å². The molecule has 2 aromatic rings. The van der Waals surface area contributed by atoms with Crippen molar-refractivity contribution in [2.75, 3.05) is 0 Å². The van der Waals surface area contributed by atoms with Crippen molar-refractivity contribution in [3.8, 4) is 0 Å². The molecule has 2 rings (SSSR count). The molecular weight excluding hydrogens is 216 g/mol. The first-order valence-corrected chi connectivity index (χ1v) is 7.14. The lowest BCUT2D eigenvalue weighted by Gasteiger charge is -1.92. The second-order valence-electron chi connectivity index (χ2n) is 4.08. The highest BCUT2D eigenvalue weighted by Gasteiger charge is 1.85. The summed E-state index contributed by atoms with van der Waals surface area (Å²) >= 11 is 0. The Morgan fingerprint density at radius 3 is 0.889 bits per heavy atom. The Morgan fingerprint density at radius 2 is 0.722 bits per heavy atom. The lowest BCUT2D eigenvalue weighted by atomic mass is 10.1. The zero-order valence-electron chi connectivity index (χ0n) is 13.2. The third-order valence-corrected chi connectivity index (χ3v) is 1.66. The summed E-state index contributed by atoms with van der Waals surface area (Å²) in [6, 6.07) is 16.7. The molecule has 0 unspecified atom stereocenters. The van der Waals surface area contributed by atoms with Crippen molar-refractivity contribution in [1.82, 2.24) is 0 Å². The van der Waals surface area contributed by atoms with E-state index >= 15 is 0 Å². The summed E-state index contributed by atoms with van der Waals surface area (Å²) in [5, 5.41) is 2.62. The van der Waals surface area contributed by atoms with Crippen LogP contribution < -0.4 is 0 Å². The summed E-state index contributed by atoms with van der Waals surface area (Å²) in [5.74, 6) is 0.833. The van der Waals surface area contributed by atoms with E-state index in [1.807, 2.05) is 27.7 Å². The molecule has 0 atom stereocenters. The highest BCUT2D eigenvalue weighted by molar-refractivity contribution is 5.81. The van der Waals surface area contributed by atoms with Gasteiger partial charge in [-0.15, -0.1) is 0 Å². The third kappa shape index (κ3) is 9.89. The average molecular weight is 246 g/mol. The van der Waals surface area contributed by atoms with Crippen LogP contribution in [0.15, 0.2) is 48.5 Å². The summed E-state index contributed by atoms with van der Waals surface area (Å²) in [4.78, 5) is 0. The van der Waals surface area contributed by atoms with Crippen LogP contribution in [0.5, 0.6) is 0 Å². The molecule has 0 nitrogen and oxygen atoms in total. The summed E-state index contributed by atoms with van der Waals surface area (Å²) in [7, 11) is 0. The second-order valence-corrected chi connectivity index (χ2v) is 4.08. The monoisotopic (exact) mass is 246 g/mol. The molecule has 0 heterocycles. The van der Waals surface area contributed by atoms with Gasteiger partial charge in [-0.1, -0.05) is 97.0 Å². The van der Waals surface area contributed by atoms with Crippen molar-refractivity contribution >= 4 is 10.8 Å². The minimum absolute atomic E-state index is 0.833. The van der Waals surface area contributed by atoms with Gasteiger partial charge in [0, 0.05) is 0 Å². The van der Waals surface area contributed by atoms with Crippen LogP contribution in [0.2, 0.25) is 0 Å². The highest BCUT2D eigenvalue weighted by Crippen LogP contribution is 2.11. The maximum Gasteiger partial charge on any atom is -0.0184 e. The molecule has 0 aliphatic carbocycles. The number of rotatable bonds is 0. The largest absolute Gasteiger partial charge is 0.0683 e. The van der Waals surface area contributed by atoms with Crippen molar-refractivity contribution < 1.29 is 0 Å². The number of hydrogen-bond donors (Lipinski definition) is 0. The summed E-state index contributed by atoms with van der Waals surface area (Å²) in [6.07, 6.45) is 0. The average Bonchev–Trinajstić information content (AvgIpc) is 2.43. The van der Waals surface area contributed by atoms with Crippen molar-refractivity contribution in [2.45, 2.75) is 48.5 Å². The smallest absolute Gasteiger partial charge is 0.0184 e. The van der Waals surface area contributed by atoms with E-state index in [1.54, 1.807) is 0 Å². The lowest BCUT2D eigenvalue weighted by Crippen LogP contribution is -1.67. The normalized spacial score (nSPS) is 8.22. The minimum atomic E-state index is 0.833. The number of fused-ring (bicyclic) bond motifs is 1. The van der Waals surface area contributed by atoms with Crippen LogP contribution in [0.25, 0.3) is 10.8 Å². The van der Waals surface area contributed by atoms with Gasteiger partial charge in [-0.2, -0.15) is 0 Å². The van der Waals surface area contributed by atoms with E-state index in [9.17, 15) is 0 Å². The van der Waals surface area contributed by atoms with E-state index < -0.39 is 0 Å². The molecule has 102 valence electrons. The zero-order chi connectivity index (χ0) is 14.4. The van der Waals surface area contributed by atoms with Gasteiger partial charge in [-0.05, 0) is 16.7 Å². The summed E-state index contributed by atoms with van der Waals surface area (Å²) in [5.41, 5.74) is 0. The van der Waals surface area contributed by atoms with Gasteiger partial charge in [0.25, 0.3) is 0 Å². The van der Waals surface area contributed by atoms with E-state index in [2.05, 4.69) is 69.3 Å². The fourth-order valence-corrected chi connectivity index (χ4v) is 1.13. The Kier molecular flexibility index (Phi) is 14.6. The SMILES string of the molecule is CC.CC.CC(C)C.c1ccc2ccccc2c1. The highest BCUT2D eigenvalue weighted by atomic mass is 13.9. The van der Waals surface area contributed by atoms with Crippen LogP contribution >= 0.6 is 0 Å². The van der Waals surface area contributed by atoms with Gasteiger partial charge in [-0.3, -0.25) is 0 Å². The number of benzene rings is 2. The molecule has 0 fully saturated rings. The summed E-state index contributed by atoms with van der Waals surface area (Å²) in [6.45, 7) is 14.5. The fourth-order valence-electron chi connectivity index (χ4n) is 1.13. The molecule has 18 heavy (non-hydrogen) atoms. The Labute approximate surface area is 114 Å². The van der Waals surface area contributed by atoms with Crippen LogP contribution in [0.3, 0.4) is 0 Å². The first-order valence-electron chi connectivity index (χ1n) is 7.14. The first-order chi connectivity index (χ1) is 8.70. The van der Waals surface area contributed by atoms with Gasteiger partial charge in [0.2, 0.25) is 0 Å². The molecule has 0 aliphatic heterocycles. The van der Waals surface area contributed by atoms with Crippen LogP contribution in [-0.4, -0.2) is 0 Å². The van der Waals surface area contributed by atoms with E-state index in [-0.39, 0.29) is 0 Å². The van der Waals surface area contributed by atoms with Gasteiger partial charge in [-0.25, -0.2) is 0 Å². The molecule has 0 bridgehead atoms. The van der Waals surface area contributed by atoms with Crippen molar-refractivity contribution in [1.29, 1.82) is 0 Å². The molecule has 0 aliphatic rings. The van der Waals surface area contributed by atoms with E-state index in [0.29, 0.717) is 0 Å². The van der Waals surface area contributed by atoms with E-state index in [4.69, 9.17) is 0 Å². The molecule has 0 radical (unpaired) electrons. The predicted octanol–water partition coefficient (Wildman–Crippen LogP) is 6.55. The standard InChI is InChI=1S/C10H8.C4H10.2C2H6/c1-2-6-10-8-4-3-7-9(10)5-1;1-4(2)3;2*1-2/h1-8H;4H,1-3H3;2*1-2H3. The van der Waals surface area contributed by atoms with Crippen molar-refractivity contribution in [3.05, 3.63) is 48.5 Å². The summed E-state index contributed by atoms with van der Waals surface area (Å²) < 4.78 is 0. The second kappa shape index (κ2) is 13.8. The Morgan fingerprint density at radius 1 is 0.556 bits per heavy atom. The Bertz CT molecular complexity index is 306. The molecule has 0 N–H and O–H groups in total. The van der Waals surface area contributed by atoms with Crippen LogP contribution in [0.4, 0.5) is 0 Å². The van der Waals surface area contributed by atoms with E-state index in [1.165, 1.54) is 10.8 Å². The van der Waals surface area contributed by atoms with Gasteiger partial charge in [0.1, 0.15) is 0 Å². The lowest BCUT2D eigenvalue weighted by molar-refractivity contribution is 0.737. The van der Waals surface area contributed by atoms with Crippen LogP contribution in [0, 0.1) is 5.92 Å². The maximum absolute atomic E-state index is 2.17. The first kappa shape index (κ1) is 19.0. The van der Waals surface area contributed by atoms with Crippen LogP contribution in [0.1, 0.15) is 48.5 Å². The van der Waals surface area contributed by atoms with Gasteiger partial charge in [0.15, 0.2) is 0 Å². The predicted molar refractivity (Wildman–Crippen MR) is 87.2 cm³/mol. The van der Waals surface area contributed by atoms with Crippen molar-refractivity contribution in [2.24, 2.45) is 5.92 Å². The van der Waals surface area contributed by atoms with Gasteiger partial charge >= 0.3 is 0 Å². The Balaban J connectivity index is 0. The molecule has 0 saturated heterocycles. The molecule has 0 spiro atoms. The van der Waals surface area contributed by atoms with Crippen molar-refractivity contribution in [3.63, 3.8) is 0 Å². The molecule has 0 aromatic heterocycles. The molecule has 0 saturated carbocycles. The molecular formula is C18H30. The Hall–Kier alpha value is -1.30. The van der Waals surface area contributed by atoms with Gasteiger partial charge in [0.05, 0.1) is 0 Å². The topological polar surface area (TPSA) is 0 Å². The number of hydrogen-bond acceptors (Lipinski definition) is 0. The maximum atomic E-state index is 2.17. The molecule has 2 aromatic carbocycles. The minimum Gasteiger partial charge on any atom is -0.0683 e. The zero-order valence-corrected chi connectivity index (χ0v) is 13.2. The molecule has 0 heteroatoms.